The molecule has 3 rings (SSSR count). The zero-order valence-corrected chi connectivity index (χ0v) is 11.4. The second kappa shape index (κ2) is 5.06. The van der Waals surface area contributed by atoms with Crippen LogP contribution in [0.5, 0.6) is 0 Å². The fraction of sp³-hybridized carbons (Fsp3) is 0.692. The number of aromatic nitrogens is 1. The maximum absolute atomic E-state index is 12.0. The predicted molar refractivity (Wildman–Crippen MR) is 70.0 cm³/mol. The highest BCUT2D eigenvalue weighted by Crippen LogP contribution is 2.35. The summed E-state index contributed by atoms with van der Waals surface area (Å²) in [5.41, 5.74) is 0.823. The molecule has 1 saturated carbocycles. The number of urea groups is 1. The third-order valence-electron chi connectivity index (χ3n) is 4.21. The van der Waals surface area contributed by atoms with Crippen molar-refractivity contribution in [3.63, 3.8) is 0 Å². The number of aliphatic hydroxyl groups is 2. The Kier molecular flexibility index (Phi) is 3.39. The Morgan fingerprint density at radius 3 is 2.55 bits per heavy atom. The Hall–Kier alpha value is -1.60. The minimum Gasteiger partial charge on any atom is -0.369 e. The Balaban J connectivity index is 1.81. The van der Waals surface area contributed by atoms with E-state index in [1.807, 2.05) is 0 Å². The van der Waals surface area contributed by atoms with E-state index in [-0.39, 0.29) is 5.88 Å². The van der Waals surface area contributed by atoms with Crippen molar-refractivity contribution < 1.29 is 19.5 Å². The molecule has 1 aliphatic heterocycles. The lowest BCUT2D eigenvalue weighted by molar-refractivity contribution is -0.0190. The molecule has 2 fully saturated rings. The van der Waals surface area contributed by atoms with Gasteiger partial charge in [0, 0.05) is 19.0 Å². The molecule has 0 radical (unpaired) electrons. The van der Waals surface area contributed by atoms with E-state index in [0.717, 1.165) is 28.3 Å². The van der Waals surface area contributed by atoms with Gasteiger partial charge in [0.15, 0.2) is 12.5 Å². The molecule has 2 N–H and O–H groups in total. The van der Waals surface area contributed by atoms with Gasteiger partial charge in [-0.15, -0.1) is 0 Å². The first-order valence-corrected chi connectivity index (χ1v) is 6.98. The van der Waals surface area contributed by atoms with Gasteiger partial charge in [-0.1, -0.05) is 24.4 Å². The van der Waals surface area contributed by atoms with E-state index >= 15 is 0 Å². The molecule has 2 unspecified atom stereocenters. The average molecular weight is 281 g/mol. The van der Waals surface area contributed by atoms with Gasteiger partial charge in [-0.25, -0.2) is 9.69 Å². The highest BCUT2D eigenvalue weighted by molar-refractivity contribution is 5.93. The normalized spacial score (nSPS) is 28.4. The van der Waals surface area contributed by atoms with Gasteiger partial charge in [-0.3, -0.25) is 4.90 Å². The molecular weight excluding hydrogens is 262 g/mol. The number of nitrogens with zero attached hydrogens (tertiary/aromatic N) is 3. The molecule has 2 amide bonds. The number of aliphatic hydroxyl groups excluding tert-OH is 2. The summed E-state index contributed by atoms with van der Waals surface area (Å²) in [6.07, 6.45) is 3.17. The topological polar surface area (TPSA) is 90.0 Å². The zero-order valence-electron chi connectivity index (χ0n) is 11.4. The average Bonchev–Trinajstić information content (AvgIpc) is 3.02. The molecule has 2 atom stereocenters. The molecule has 1 aromatic rings. The lowest BCUT2D eigenvalue weighted by Crippen LogP contribution is -2.36. The van der Waals surface area contributed by atoms with Crippen molar-refractivity contribution >= 4 is 11.9 Å². The number of anilines is 1. The van der Waals surface area contributed by atoms with Crippen molar-refractivity contribution in [3.05, 3.63) is 11.8 Å². The van der Waals surface area contributed by atoms with Gasteiger partial charge in [-0.2, -0.15) is 0 Å². The number of rotatable bonds is 2. The van der Waals surface area contributed by atoms with Crippen molar-refractivity contribution in [3.8, 4) is 0 Å². The van der Waals surface area contributed by atoms with Gasteiger partial charge in [-0.05, 0) is 12.8 Å². The Labute approximate surface area is 116 Å². The second-order valence-electron chi connectivity index (χ2n) is 5.52. The van der Waals surface area contributed by atoms with E-state index in [4.69, 9.17) is 4.52 Å². The maximum Gasteiger partial charge on any atom is 0.331 e. The van der Waals surface area contributed by atoms with Gasteiger partial charge in [0.1, 0.15) is 0 Å². The summed E-state index contributed by atoms with van der Waals surface area (Å²) < 4.78 is 5.20. The lowest BCUT2D eigenvalue weighted by Gasteiger charge is -2.18. The SMILES string of the molecule is CN1C(=O)N(c2cc(C3CCCCC3)no2)C(O)C1O. The molecule has 0 bridgehead atoms. The minimum atomic E-state index is -1.33. The van der Waals surface area contributed by atoms with Crippen molar-refractivity contribution in [1.82, 2.24) is 10.1 Å². The van der Waals surface area contributed by atoms with E-state index in [1.165, 1.54) is 26.3 Å². The highest BCUT2D eigenvalue weighted by atomic mass is 16.5. The van der Waals surface area contributed by atoms with Crippen LogP contribution in [0.1, 0.15) is 43.7 Å². The molecular formula is C13H19N3O4. The molecule has 110 valence electrons. The van der Waals surface area contributed by atoms with Gasteiger partial charge in [0.25, 0.3) is 0 Å². The van der Waals surface area contributed by atoms with Gasteiger partial charge in [0.2, 0.25) is 5.88 Å². The summed E-state index contributed by atoms with van der Waals surface area (Å²) in [4.78, 5) is 14.1. The van der Waals surface area contributed by atoms with Crippen LogP contribution in [-0.2, 0) is 0 Å². The molecule has 1 saturated heterocycles. The molecule has 7 heteroatoms. The Bertz CT molecular complexity index is 498. The van der Waals surface area contributed by atoms with Crippen LogP contribution in [0.3, 0.4) is 0 Å². The molecule has 1 aromatic heterocycles. The third kappa shape index (κ3) is 2.06. The van der Waals surface area contributed by atoms with Crippen LogP contribution in [0.15, 0.2) is 10.6 Å². The fourth-order valence-electron chi connectivity index (χ4n) is 2.94. The van der Waals surface area contributed by atoms with Crippen molar-refractivity contribution in [2.45, 2.75) is 50.5 Å². The standard InChI is InChI=1S/C13H19N3O4/c1-15-11(17)12(18)16(13(15)19)10-7-9(14-20-10)8-5-3-2-4-6-8/h7-8,11-12,17-18H,2-6H2,1H3. The van der Waals surface area contributed by atoms with Crippen LogP contribution < -0.4 is 4.90 Å². The first-order chi connectivity index (χ1) is 9.59. The van der Waals surface area contributed by atoms with E-state index in [1.54, 1.807) is 6.07 Å². The third-order valence-corrected chi connectivity index (χ3v) is 4.21. The number of carbonyl (C=O) groups is 1. The van der Waals surface area contributed by atoms with Crippen LogP contribution in [0, 0.1) is 0 Å². The van der Waals surface area contributed by atoms with E-state index in [9.17, 15) is 15.0 Å². The zero-order chi connectivity index (χ0) is 14.3. The summed E-state index contributed by atoms with van der Waals surface area (Å²) in [6.45, 7) is 0. The number of amides is 2. The van der Waals surface area contributed by atoms with Crippen molar-refractivity contribution in [2.24, 2.45) is 0 Å². The van der Waals surface area contributed by atoms with Crippen LogP contribution in [0.25, 0.3) is 0 Å². The number of hydrogen-bond donors (Lipinski definition) is 2. The quantitative estimate of drug-likeness (QED) is 0.851. The molecule has 20 heavy (non-hydrogen) atoms. The molecule has 7 nitrogen and oxygen atoms in total. The van der Waals surface area contributed by atoms with E-state index < -0.39 is 18.5 Å². The lowest BCUT2D eigenvalue weighted by atomic mass is 9.87. The largest absolute Gasteiger partial charge is 0.369 e. The van der Waals surface area contributed by atoms with Crippen LogP contribution in [0.2, 0.25) is 0 Å². The number of carbonyl (C=O) groups excluding carboxylic acids is 1. The number of likely N-dealkylation sites (N-methyl/N-ethyl adjacent to an activating group) is 1. The first-order valence-electron chi connectivity index (χ1n) is 6.98. The summed E-state index contributed by atoms with van der Waals surface area (Å²) in [5.74, 6) is 0.547. The molecule has 2 aliphatic rings. The van der Waals surface area contributed by atoms with Gasteiger partial charge < -0.3 is 14.7 Å². The van der Waals surface area contributed by atoms with Crippen molar-refractivity contribution in [2.75, 3.05) is 11.9 Å². The fourth-order valence-corrected chi connectivity index (χ4v) is 2.94. The monoisotopic (exact) mass is 281 g/mol. The van der Waals surface area contributed by atoms with Crippen LogP contribution >= 0.6 is 0 Å². The maximum atomic E-state index is 12.0. The second-order valence-corrected chi connectivity index (χ2v) is 5.52. The minimum absolute atomic E-state index is 0.187. The summed E-state index contributed by atoms with van der Waals surface area (Å²) in [6, 6.07) is 1.19. The first kappa shape index (κ1) is 13.4. The Morgan fingerprint density at radius 1 is 1.25 bits per heavy atom. The number of hydrogen-bond acceptors (Lipinski definition) is 5. The van der Waals surface area contributed by atoms with E-state index in [0.29, 0.717) is 5.92 Å². The molecule has 2 heterocycles. The van der Waals surface area contributed by atoms with E-state index in [2.05, 4.69) is 5.16 Å². The summed E-state index contributed by atoms with van der Waals surface area (Å²) >= 11 is 0. The van der Waals surface area contributed by atoms with Crippen molar-refractivity contribution in [1.29, 1.82) is 0 Å². The van der Waals surface area contributed by atoms with Gasteiger partial charge >= 0.3 is 6.03 Å². The Morgan fingerprint density at radius 2 is 1.95 bits per heavy atom. The molecule has 1 aliphatic carbocycles. The van der Waals surface area contributed by atoms with Crippen LogP contribution in [-0.4, -0.2) is 45.8 Å². The van der Waals surface area contributed by atoms with Crippen LogP contribution in [0.4, 0.5) is 10.7 Å². The summed E-state index contributed by atoms with van der Waals surface area (Å²) in [5, 5.41) is 23.6. The smallest absolute Gasteiger partial charge is 0.331 e. The molecule has 0 spiro atoms. The predicted octanol–water partition coefficient (Wildman–Crippen LogP) is 1.23. The molecule has 0 aromatic carbocycles. The van der Waals surface area contributed by atoms with Gasteiger partial charge in [0.05, 0.1) is 5.69 Å². The highest BCUT2D eigenvalue weighted by Gasteiger charge is 2.44. The summed E-state index contributed by atoms with van der Waals surface area (Å²) in [7, 11) is 1.43.